The molecule has 0 aliphatic heterocycles. The summed E-state index contributed by atoms with van der Waals surface area (Å²) >= 11 is 0. The monoisotopic (exact) mass is 303 g/mol. The highest BCUT2D eigenvalue weighted by molar-refractivity contribution is 5.93. The van der Waals surface area contributed by atoms with E-state index in [0.29, 0.717) is 12.2 Å². The minimum Gasteiger partial charge on any atom is -0.468 e. The van der Waals surface area contributed by atoms with Crippen molar-refractivity contribution in [2.24, 2.45) is 0 Å². The van der Waals surface area contributed by atoms with E-state index in [2.05, 4.69) is 5.32 Å². The van der Waals surface area contributed by atoms with Gasteiger partial charge in [0.15, 0.2) is 0 Å². The normalized spacial score (nSPS) is 10.7. The predicted octanol–water partition coefficient (Wildman–Crippen LogP) is 2.57. The van der Waals surface area contributed by atoms with Crippen LogP contribution in [0, 0.1) is 17.0 Å². The average Bonchev–Trinajstić information content (AvgIpc) is 2.93. The third-order valence-corrected chi connectivity index (χ3v) is 3.13. The molecule has 0 bridgehead atoms. The summed E-state index contributed by atoms with van der Waals surface area (Å²) in [6, 6.07) is 8.00. The number of amides is 1. The highest BCUT2D eigenvalue weighted by Crippen LogP contribution is 2.21. The number of benzene rings is 1. The quantitative estimate of drug-likeness (QED) is 0.654. The van der Waals surface area contributed by atoms with Gasteiger partial charge in [-0.2, -0.15) is 0 Å². The second kappa shape index (κ2) is 6.86. The van der Waals surface area contributed by atoms with E-state index in [-0.39, 0.29) is 18.1 Å². The lowest BCUT2D eigenvalue weighted by Crippen LogP contribution is -2.29. The number of anilines is 1. The van der Waals surface area contributed by atoms with Gasteiger partial charge in [0.25, 0.3) is 5.69 Å². The van der Waals surface area contributed by atoms with Crippen molar-refractivity contribution in [3.63, 3.8) is 0 Å². The van der Waals surface area contributed by atoms with Crippen LogP contribution < -0.4 is 5.32 Å². The van der Waals surface area contributed by atoms with Crippen LogP contribution in [0.5, 0.6) is 0 Å². The number of hydrogen-bond donors (Lipinski definition) is 1. The number of furan rings is 1. The molecule has 0 spiro atoms. The van der Waals surface area contributed by atoms with Crippen LogP contribution in [0.3, 0.4) is 0 Å². The van der Waals surface area contributed by atoms with Gasteiger partial charge in [-0.05, 0) is 31.7 Å². The van der Waals surface area contributed by atoms with Gasteiger partial charge in [0.2, 0.25) is 5.91 Å². The third-order valence-electron chi connectivity index (χ3n) is 3.13. The molecule has 1 heterocycles. The molecule has 0 unspecified atom stereocenters. The lowest BCUT2D eigenvalue weighted by atomic mass is 10.2. The molecule has 0 aliphatic carbocycles. The zero-order valence-electron chi connectivity index (χ0n) is 12.4. The molecule has 22 heavy (non-hydrogen) atoms. The molecule has 1 amide bonds. The minimum absolute atomic E-state index is 0.0511. The zero-order chi connectivity index (χ0) is 16.1. The smallest absolute Gasteiger partial charge is 0.271 e. The fourth-order valence-electron chi connectivity index (χ4n) is 2.02. The van der Waals surface area contributed by atoms with Crippen molar-refractivity contribution in [2.45, 2.75) is 13.5 Å². The zero-order valence-corrected chi connectivity index (χ0v) is 12.4. The van der Waals surface area contributed by atoms with Gasteiger partial charge < -0.3 is 9.73 Å². The van der Waals surface area contributed by atoms with Crippen molar-refractivity contribution >= 4 is 17.3 Å². The van der Waals surface area contributed by atoms with Crippen LogP contribution in [0.2, 0.25) is 0 Å². The average molecular weight is 303 g/mol. The molecule has 0 saturated heterocycles. The summed E-state index contributed by atoms with van der Waals surface area (Å²) in [5, 5.41) is 13.5. The largest absolute Gasteiger partial charge is 0.468 e. The standard InChI is InChI=1S/C15H17N3O4/c1-11-5-6-12(18(20)21)8-14(11)16-15(19)10-17(2)9-13-4-3-7-22-13/h3-8H,9-10H2,1-2H3,(H,16,19). The number of nitrogens with zero attached hydrogens (tertiary/aromatic N) is 2. The summed E-state index contributed by atoms with van der Waals surface area (Å²) in [6.45, 7) is 2.45. The number of hydrogen-bond acceptors (Lipinski definition) is 5. The number of non-ortho nitro benzene ring substituents is 1. The topological polar surface area (TPSA) is 88.6 Å². The summed E-state index contributed by atoms with van der Waals surface area (Å²) < 4.78 is 5.22. The van der Waals surface area contributed by atoms with Crippen molar-refractivity contribution < 1.29 is 14.1 Å². The molecule has 7 nitrogen and oxygen atoms in total. The molecule has 0 fully saturated rings. The number of aryl methyl sites for hydroxylation is 1. The molecule has 2 aromatic rings. The molecule has 1 aromatic heterocycles. The molecular weight excluding hydrogens is 286 g/mol. The van der Waals surface area contributed by atoms with Gasteiger partial charge in [-0.1, -0.05) is 6.07 Å². The second-order valence-corrected chi connectivity index (χ2v) is 5.06. The van der Waals surface area contributed by atoms with E-state index in [1.807, 2.05) is 6.07 Å². The Morgan fingerprint density at radius 1 is 1.41 bits per heavy atom. The molecule has 0 saturated carbocycles. The fourth-order valence-corrected chi connectivity index (χ4v) is 2.02. The van der Waals surface area contributed by atoms with Crippen molar-refractivity contribution in [1.82, 2.24) is 4.90 Å². The summed E-state index contributed by atoms with van der Waals surface area (Å²) in [5.41, 5.74) is 1.17. The molecule has 1 aromatic carbocycles. The van der Waals surface area contributed by atoms with E-state index in [9.17, 15) is 14.9 Å². The van der Waals surface area contributed by atoms with Crippen LogP contribution in [0.1, 0.15) is 11.3 Å². The number of carbonyl (C=O) groups is 1. The van der Waals surface area contributed by atoms with E-state index >= 15 is 0 Å². The Bertz CT molecular complexity index is 667. The summed E-state index contributed by atoms with van der Waals surface area (Å²) in [6.07, 6.45) is 1.58. The first-order chi connectivity index (χ1) is 10.5. The van der Waals surface area contributed by atoms with Gasteiger partial charge in [0, 0.05) is 12.1 Å². The lowest BCUT2D eigenvalue weighted by Gasteiger charge is -2.15. The maximum absolute atomic E-state index is 12.0. The van der Waals surface area contributed by atoms with Crippen LogP contribution >= 0.6 is 0 Å². The lowest BCUT2D eigenvalue weighted by molar-refractivity contribution is -0.384. The van der Waals surface area contributed by atoms with E-state index in [0.717, 1.165) is 11.3 Å². The SMILES string of the molecule is Cc1ccc([N+](=O)[O-])cc1NC(=O)CN(C)Cc1ccco1. The Labute approximate surface area is 127 Å². The van der Waals surface area contributed by atoms with Crippen LogP contribution in [-0.2, 0) is 11.3 Å². The highest BCUT2D eigenvalue weighted by atomic mass is 16.6. The van der Waals surface area contributed by atoms with Gasteiger partial charge in [0.1, 0.15) is 5.76 Å². The van der Waals surface area contributed by atoms with Crippen LogP contribution in [0.15, 0.2) is 41.0 Å². The first-order valence-electron chi connectivity index (χ1n) is 6.71. The Kier molecular flexibility index (Phi) is 4.90. The van der Waals surface area contributed by atoms with Gasteiger partial charge in [-0.25, -0.2) is 0 Å². The number of nitrogens with one attached hydrogen (secondary N) is 1. The maximum atomic E-state index is 12.0. The summed E-state index contributed by atoms with van der Waals surface area (Å²) in [5.74, 6) is 0.527. The summed E-state index contributed by atoms with van der Waals surface area (Å²) in [7, 11) is 1.79. The molecule has 116 valence electrons. The second-order valence-electron chi connectivity index (χ2n) is 5.06. The molecule has 2 rings (SSSR count). The minimum atomic E-state index is -0.488. The molecule has 7 heteroatoms. The Morgan fingerprint density at radius 2 is 2.18 bits per heavy atom. The molecule has 0 radical (unpaired) electrons. The first kappa shape index (κ1) is 15.7. The third kappa shape index (κ3) is 4.16. The van der Waals surface area contributed by atoms with Gasteiger partial charge in [-0.3, -0.25) is 19.8 Å². The van der Waals surface area contributed by atoms with E-state index in [1.54, 1.807) is 37.3 Å². The summed E-state index contributed by atoms with van der Waals surface area (Å²) in [4.78, 5) is 24.1. The van der Waals surface area contributed by atoms with Crippen molar-refractivity contribution in [1.29, 1.82) is 0 Å². The number of rotatable bonds is 6. The van der Waals surface area contributed by atoms with E-state index in [4.69, 9.17) is 4.42 Å². The predicted molar refractivity (Wildman–Crippen MR) is 81.5 cm³/mol. The van der Waals surface area contributed by atoms with Gasteiger partial charge in [-0.15, -0.1) is 0 Å². The number of nitro benzene ring substituents is 1. The van der Waals surface area contributed by atoms with Gasteiger partial charge >= 0.3 is 0 Å². The maximum Gasteiger partial charge on any atom is 0.271 e. The molecule has 1 N–H and O–H groups in total. The molecule has 0 atom stereocenters. The Morgan fingerprint density at radius 3 is 2.82 bits per heavy atom. The van der Waals surface area contributed by atoms with Crippen molar-refractivity contribution in [3.8, 4) is 0 Å². The van der Waals surface area contributed by atoms with Crippen LogP contribution in [-0.4, -0.2) is 29.3 Å². The van der Waals surface area contributed by atoms with Gasteiger partial charge in [0.05, 0.1) is 30.0 Å². The van der Waals surface area contributed by atoms with Crippen molar-refractivity contribution in [2.75, 3.05) is 18.9 Å². The van der Waals surface area contributed by atoms with Crippen LogP contribution in [0.4, 0.5) is 11.4 Å². The molecular formula is C15H17N3O4. The number of carbonyl (C=O) groups excluding carboxylic acids is 1. The number of likely N-dealkylation sites (N-methyl/N-ethyl adjacent to an activating group) is 1. The van der Waals surface area contributed by atoms with Crippen LogP contribution in [0.25, 0.3) is 0 Å². The fraction of sp³-hybridized carbons (Fsp3) is 0.267. The Balaban J connectivity index is 1.96. The first-order valence-corrected chi connectivity index (χ1v) is 6.71. The molecule has 0 aliphatic rings. The Hall–Kier alpha value is -2.67. The highest BCUT2D eigenvalue weighted by Gasteiger charge is 2.13. The number of nitro groups is 1. The van der Waals surface area contributed by atoms with E-state index < -0.39 is 4.92 Å². The van der Waals surface area contributed by atoms with Crippen molar-refractivity contribution in [3.05, 3.63) is 58.0 Å². The van der Waals surface area contributed by atoms with E-state index in [1.165, 1.54) is 12.1 Å².